The van der Waals surface area contributed by atoms with Crippen molar-refractivity contribution in [1.82, 2.24) is 0 Å². The predicted molar refractivity (Wildman–Crippen MR) is 217 cm³/mol. The van der Waals surface area contributed by atoms with Gasteiger partial charge in [-0.25, -0.2) is 0 Å². The standard InChI is InChI=1S/C42H49NO13S2/c1-24(46)50-22-34-40(52-26(3)48)41(53-27(4)49)39(51-25(2)47)33(54-34)20-36(57)43-32-12-8-11-31(19-32)42-55-35(23-58-18-17-44)37(29-9-6-5-7-10-29)38(56-42)30-15-13-28(21-45)14-16-30/h5-16,19,33-35,37-42,44-45H,17-18,20-23H2,1-4H3,(H,43,57). The molecule has 0 aromatic heterocycles. The lowest BCUT2D eigenvalue weighted by Crippen LogP contribution is -2.62. The number of thiocarbonyl (C=S) groups is 1. The lowest BCUT2D eigenvalue weighted by molar-refractivity contribution is -0.255. The Hall–Kier alpha value is -4.42. The molecule has 0 spiro atoms. The van der Waals surface area contributed by atoms with Crippen LogP contribution in [-0.4, -0.2) is 100 Å². The molecule has 0 saturated carbocycles. The van der Waals surface area contributed by atoms with Crippen molar-refractivity contribution in [1.29, 1.82) is 0 Å². The number of carbonyl (C=O) groups excluding carboxylic acids is 4. The summed E-state index contributed by atoms with van der Waals surface area (Å²) in [5.74, 6) is -1.85. The second-order valence-electron chi connectivity index (χ2n) is 13.8. The maximum Gasteiger partial charge on any atom is 0.303 e. The zero-order valence-electron chi connectivity index (χ0n) is 32.6. The normalized spacial score (nSPS) is 25.5. The molecule has 9 atom stereocenters. The van der Waals surface area contributed by atoms with E-state index in [-0.39, 0.29) is 43.3 Å². The third-order valence-corrected chi connectivity index (χ3v) is 10.7. The van der Waals surface area contributed by atoms with Gasteiger partial charge in [-0.1, -0.05) is 78.9 Å². The van der Waals surface area contributed by atoms with Crippen molar-refractivity contribution in [3.63, 3.8) is 0 Å². The molecular formula is C42H49NO13S2. The highest BCUT2D eigenvalue weighted by molar-refractivity contribution is 7.99. The van der Waals surface area contributed by atoms with Crippen LogP contribution in [-0.2, 0) is 58.9 Å². The summed E-state index contributed by atoms with van der Waals surface area (Å²) in [7, 11) is 0. The van der Waals surface area contributed by atoms with Gasteiger partial charge in [0.2, 0.25) is 0 Å². The van der Waals surface area contributed by atoms with Gasteiger partial charge in [0.15, 0.2) is 24.6 Å². The van der Waals surface area contributed by atoms with Gasteiger partial charge in [-0.2, -0.15) is 11.8 Å². The number of carbonyl (C=O) groups is 4. The van der Waals surface area contributed by atoms with Crippen LogP contribution < -0.4 is 5.32 Å². The molecule has 3 aromatic carbocycles. The van der Waals surface area contributed by atoms with Gasteiger partial charge in [0.05, 0.1) is 30.4 Å². The summed E-state index contributed by atoms with van der Waals surface area (Å²) in [6, 6.07) is 25.0. The Kier molecular flexibility index (Phi) is 16.6. The van der Waals surface area contributed by atoms with Crippen molar-refractivity contribution in [2.24, 2.45) is 0 Å². The topological polar surface area (TPSA) is 185 Å². The van der Waals surface area contributed by atoms with E-state index in [1.807, 2.05) is 72.8 Å². The van der Waals surface area contributed by atoms with Crippen molar-refractivity contribution in [2.75, 3.05) is 30.0 Å². The quantitative estimate of drug-likeness (QED) is 0.0749. The molecule has 2 aliphatic rings. The van der Waals surface area contributed by atoms with Crippen molar-refractivity contribution >= 4 is 58.5 Å². The molecule has 2 aliphatic heterocycles. The van der Waals surface area contributed by atoms with Crippen LogP contribution in [0.25, 0.3) is 0 Å². The molecule has 16 heteroatoms. The third kappa shape index (κ3) is 12.3. The maximum absolute atomic E-state index is 12.3. The fraction of sp³-hybridized carbons (Fsp3) is 0.452. The van der Waals surface area contributed by atoms with Crippen LogP contribution in [0.5, 0.6) is 0 Å². The zero-order valence-corrected chi connectivity index (χ0v) is 34.3. The second-order valence-corrected chi connectivity index (χ2v) is 15.5. The van der Waals surface area contributed by atoms with Gasteiger partial charge < -0.3 is 48.7 Å². The summed E-state index contributed by atoms with van der Waals surface area (Å²) in [6.45, 7) is 4.29. The first-order valence-electron chi connectivity index (χ1n) is 18.8. The predicted octanol–water partition coefficient (Wildman–Crippen LogP) is 5.10. The van der Waals surface area contributed by atoms with E-state index in [1.54, 1.807) is 17.8 Å². The number of aliphatic hydroxyl groups is 2. The fourth-order valence-electron chi connectivity index (χ4n) is 7.06. The molecule has 0 bridgehead atoms. The first-order valence-corrected chi connectivity index (χ1v) is 20.4. The molecule has 9 unspecified atom stereocenters. The monoisotopic (exact) mass is 839 g/mol. The van der Waals surface area contributed by atoms with Crippen LogP contribution in [0.4, 0.5) is 5.69 Å². The van der Waals surface area contributed by atoms with Crippen molar-refractivity contribution in [2.45, 2.75) is 95.7 Å². The van der Waals surface area contributed by atoms with Crippen molar-refractivity contribution < 1.29 is 62.5 Å². The number of nitrogens with one attached hydrogen (secondary N) is 1. The van der Waals surface area contributed by atoms with Crippen LogP contribution in [0, 0.1) is 0 Å². The number of esters is 4. The molecule has 14 nitrogen and oxygen atoms in total. The number of ether oxygens (including phenoxy) is 7. The van der Waals surface area contributed by atoms with E-state index in [0.717, 1.165) is 30.5 Å². The molecule has 2 fully saturated rings. The van der Waals surface area contributed by atoms with E-state index < -0.39 is 66.8 Å². The summed E-state index contributed by atoms with van der Waals surface area (Å²) in [5, 5.41) is 22.5. The van der Waals surface area contributed by atoms with Gasteiger partial charge in [-0.05, 0) is 28.8 Å². The van der Waals surface area contributed by atoms with Gasteiger partial charge in [0.1, 0.15) is 18.8 Å². The first-order chi connectivity index (χ1) is 27.9. The average Bonchev–Trinajstić information content (AvgIpc) is 3.19. The Morgan fingerprint density at radius 2 is 1.34 bits per heavy atom. The number of anilines is 1. The molecule has 5 rings (SSSR count). The highest BCUT2D eigenvalue weighted by Gasteiger charge is 2.52. The number of hydrogen-bond acceptors (Lipinski definition) is 15. The maximum atomic E-state index is 12.3. The van der Waals surface area contributed by atoms with E-state index in [4.69, 9.17) is 45.4 Å². The Labute approximate surface area is 346 Å². The van der Waals surface area contributed by atoms with Crippen molar-refractivity contribution in [3.05, 3.63) is 101 Å². The summed E-state index contributed by atoms with van der Waals surface area (Å²) in [4.78, 5) is 48.7. The Balaban J connectivity index is 1.41. The molecule has 0 aliphatic carbocycles. The Morgan fingerprint density at radius 1 is 0.707 bits per heavy atom. The molecule has 3 N–H and O–H groups in total. The van der Waals surface area contributed by atoms with Gasteiger partial charge >= 0.3 is 23.9 Å². The first kappa shape index (κ1) is 44.7. The average molecular weight is 840 g/mol. The molecule has 58 heavy (non-hydrogen) atoms. The van der Waals surface area contributed by atoms with Crippen LogP contribution in [0.15, 0.2) is 78.9 Å². The molecule has 2 saturated heterocycles. The molecule has 0 amide bonds. The summed E-state index contributed by atoms with van der Waals surface area (Å²) in [6.07, 6.45) is -7.59. The second kappa shape index (κ2) is 21.5. The summed E-state index contributed by atoms with van der Waals surface area (Å²) >= 11 is 7.38. The van der Waals surface area contributed by atoms with Crippen LogP contribution in [0.3, 0.4) is 0 Å². The zero-order chi connectivity index (χ0) is 41.8. The Bertz CT molecular complexity index is 1860. The summed E-state index contributed by atoms with van der Waals surface area (Å²) < 4.78 is 41.7. The van der Waals surface area contributed by atoms with Crippen molar-refractivity contribution in [3.8, 4) is 0 Å². The van der Waals surface area contributed by atoms with E-state index in [1.165, 1.54) is 13.8 Å². The molecule has 0 radical (unpaired) electrons. The fourth-order valence-corrected chi connectivity index (χ4v) is 8.15. The largest absolute Gasteiger partial charge is 0.463 e. The number of rotatable bonds is 16. The Morgan fingerprint density at radius 3 is 1.97 bits per heavy atom. The molecule has 2 heterocycles. The third-order valence-electron chi connectivity index (χ3n) is 9.40. The van der Waals surface area contributed by atoms with Gasteiger partial charge in [-0.15, -0.1) is 0 Å². The van der Waals surface area contributed by atoms with Gasteiger partial charge in [-0.3, -0.25) is 19.2 Å². The van der Waals surface area contributed by atoms with Gasteiger partial charge in [0.25, 0.3) is 0 Å². The molecule has 3 aromatic rings. The lowest BCUT2D eigenvalue weighted by atomic mass is 9.84. The number of thioether (sulfide) groups is 1. The smallest absolute Gasteiger partial charge is 0.303 e. The number of benzene rings is 3. The highest BCUT2D eigenvalue weighted by Crippen LogP contribution is 2.48. The minimum absolute atomic E-state index is 0.0323. The van der Waals surface area contributed by atoms with Crippen LogP contribution >= 0.6 is 24.0 Å². The molecular weight excluding hydrogens is 791 g/mol. The van der Waals surface area contributed by atoms with E-state index in [9.17, 15) is 29.4 Å². The van der Waals surface area contributed by atoms with E-state index >= 15 is 0 Å². The van der Waals surface area contributed by atoms with E-state index in [0.29, 0.717) is 22.8 Å². The van der Waals surface area contributed by atoms with Gasteiger partial charge in [0, 0.05) is 62.8 Å². The van der Waals surface area contributed by atoms with Crippen LogP contribution in [0.1, 0.15) is 74.7 Å². The van der Waals surface area contributed by atoms with Crippen LogP contribution in [0.2, 0.25) is 0 Å². The number of hydrogen-bond donors (Lipinski definition) is 3. The highest BCUT2D eigenvalue weighted by atomic mass is 32.2. The SMILES string of the molecule is CC(=O)OCC1OC(CC(=S)Nc2cccc(C3OC(CSCCO)C(c4ccccc4)C(c4ccc(CO)cc4)O3)c2)C(OC(C)=O)C(OC(C)=O)C1OC(C)=O. The summed E-state index contributed by atoms with van der Waals surface area (Å²) in [5.41, 5.74) is 4.00. The minimum Gasteiger partial charge on any atom is -0.463 e. The van der Waals surface area contributed by atoms with E-state index in [2.05, 4.69) is 5.32 Å². The number of aliphatic hydroxyl groups excluding tert-OH is 2. The molecule has 312 valence electrons. The minimum atomic E-state index is -1.31. The lowest BCUT2D eigenvalue weighted by Gasteiger charge is -2.44.